The summed E-state index contributed by atoms with van der Waals surface area (Å²) in [5.74, 6) is -0.349. The molecule has 2 N–H and O–H groups in total. The molecule has 3 nitrogen and oxygen atoms in total. The lowest BCUT2D eigenvalue weighted by Gasteiger charge is -2.27. The van der Waals surface area contributed by atoms with Crippen molar-refractivity contribution in [1.82, 2.24) is 4.90 Å². The first-order valence-corrected chi connectivity index (χ1v) is 6.87. The van der Waals surface area contributed by atoms with Gasteiger partial charge in [0, 0.05) is 11.9 Å². The highest BCUT2D eigenvalue weighted by atomic mass is 32.1. The molecule has 0 aliphatic heterocycles. The third kappa shape index (κ3) is 3.26. The Morgan fingerprint density at radius 2 is 2.29 bits per heavy atom. The lowest BCUT2D eigenvalue weighted by Crippen LogP contribution is -2.39. The predicted octanol–water partition coefficient (Wildman–Crippen LogP) is 2.58. The van der Waals surface area contributed by atoms with Gasteiger partial charge in [-0.25, -0.2) is 0 Å². The van der Waals surface area contributed by atoms with Gasteiger partial charge in [-0.15, -0.1) is 11.3 Å². The van der Waals surface area contributed by atoms with Crippen LogP contribution in [-0.4, -0.2) is 22.8 Å². The first-order chi connectivity index (χ1) is 7.99. The molecular formula is C12H18N2OS2. The normalized spacial score (nSPS) is 14.1. The van der Waals surface area contributed by atoms with Crippen LogP contribution in [0, 0.1) is 5.92 Å². The molecule has 0 aliphatic carbocycles. The Balaban J connectivity index is 2.79. The van der Waals surface area contributed by atoms with Crippen LogP contribution < -0.4 is 5.73 Å². The van der Waals surface area contributed by atoms with Gasteiger partial charge < -0.3 is 10.6 Å². The molecule has 2 atom stereocenters. The molecule has 1 aromatic heterocycles. The molecule has 0 aromatic carbocycles. The number of rotatable bonds is 5. The number of hydrogen-bond acceptors (Lipinski definition) is 3. The number of carbonyl (C=O) groups excluding carboxylic acids is 1. The molecule has 5 heteroatoms. The molecule has 94 valence electrons. The van der Waals surface area contributed by atoms with Gasteiger partial charge in [-0.3, -0.25) is 4.79 Å². The second kappa shape index (κ2) is 6.12. The molecule has 1 aromatic rings. The Morgan fingerprint density at radius 3 is 2.71 bits per heavy atom. The van der Waals surface area contributed by atoms with Crippen LogP contribution in [0.15, 0.2) is 17.5 Å². The standard InChI is InChI=1S/C12H18N2OS2/c1-4-9(11(13)16)12(15)14(3)8(2)10-6-5-7-17-10/h5-9H,4H2,1-3H3,(H2,13,16). The Hall–Kier alpha value is -0.940. The van der Waals surface area contributed by atoms with E-state index in [0.29, 0.717) is 6.42 Å². The van der Waals surface area contributed by atoms with Crippen LogP contribution in [0.1, 0.15) is 31.2 Å². The molecule has 2 unspecified atom stereocenters. The van der Waals surface area contributed by atoms with Crippen molar-refractivity contribution in [3.8, 4) is 0 Å². The van der Waals surface area contributed by atoms with Gasteiger partial charge in [0.25, 0.3) is 0 Å². The van der Waals surface area contributed by atoms with E-state index in [2.05, 4.69) is 0 Å². The van der Waals surface area contributed by atoms with Crippen molar-refractivity contribution in [3.05, 3.63) is 22.4 Å². The summed E-state index contributed by atoms with van der Waals surface area (Å²) >= 11 is 6.58. The maximum atomic E-state index is 12.2. The lowest BCUT2D eigenvalue weighted by atomic mass is 10.0. The van der Waals surface area contributed by atoms with Crippen LogP contribution in [0.25, 0.3) is 0 Å². The lowest BCUT2D eigenvalue weighted by molar-refractivity contribution is -0.133. The fraction of sp³-hybridized carbons (Fsp3) is 0.500. The third-order valence-electron chi connectivity index (χ3n) is 2.93. The zero-order chi connectivity index (χ0) is 13.0. The molecular weight excluding hydrogens is 252 g/mol. The van der Waals surface area contributed by atoms with E-state index in [1.165, 1.54) is 4.88 Å². The summed E-state index contributed by atoms with van der Waals surface area (Å²) in [6.45, 7) is 3.93. The Kier molecular flexibility index (Phi) is 5.08. The average Bonchev–Trinajstić information content (AvgIpc) is 2.80. The van der Waals surface area contributed by atoms with E-state index in [-0.39, 0.29) is 22.9 Å². The van der Waals surface area contributed by atoms with E-state index >= 15 is 0 Å². The number of carbonyl (C=O) groups is 1. The minimum absolute atomic E-state index is 0.000833. The number of thiocarbonyl (C=S) groups is 1. The van der Waals surface area contributed by atoms with E-state index < -0.39 is 0 Å². The maximum Gasteiger partial charge on any atom is 0.232 e. The summed E-state index contributed by atoms with van der Waals surface area (Å²) in [5.41, 5.74) is 5.59. The topological polar surface area (TPSA) is 46.3 Å². The van der Waals surface area contributed by atoms with E-state index in [9.17, 15) is 4.79 Å². The SMILES string of the molecule is CCC(C(=O)N(C)C(C)c1cccs1)C(N)=S. The number of nitrogens with two attached hydrogens (primary N) is 1. The minimum Gasteiger partial charge on any atom is -0.393 e. The van der Waals surface area contributed by atoms with Gasteiger partial charge in [-0.1, -0.05) is 25.2 Å². The molecule has 0 radical (unpaired) electrons. The molecule has 0 fully saturated rings. The summed E-state index contributed by atoms with van der Waals surface area (Å²) in [5, 5.41) is 2.01. The molecule has 0 bridgehead atoms. The third-order valence-corrected chi connectivity index (χ3v) is 4.26. The van der Waals surface area contributed by atoms with Crippen molar-refractivity contribution >= 4 is 34.5 Å². The van der Waals surface area contributed by atoms with E-state index in [1.807, 2.05) is 31.4 Å². The Morgan fingerprint density at radius 1 is 1.65 bits per heavy atom. The monoisotopic (exact) mass is 270 g/mol. The number of nitrogens with zero attached hydrogens (tertiary/aromatic N) is 1. The highest BCUT2D eigenvalue weighted by molar-refractivity contribution is 7.80. The average molecular weight is 270 g/mol. The number of thiophene rings is 1. The second-order valence-corrected chi connectivity index (χ2v) is 5.45. The highest BCUT2D eigenvalue weighted by Gasteiger charge is 2.26. The molecule has 1 heterocycles. The predicted molar refractivity (Wildman–Crippen MR) is 76.1 cm³/mol. The van der Waals surface area contributed by atoms with Gasteiger partial charge in [0.15, 0.2) is 0 Å². The summed E-state index contributed by atoms with van der Waals surface area (Å²) in [4.78, 5) is 15.4. The highest BCUT2D eigenvalue weighted by Crippen LogP contribution is 2.25. The number of hydrogen-bond donors (Lipinski definition) is 1. The summed E-state index contributed by atoms with van der Waals surface area (Å²) < 4.78 is 0. The molecule has 17 heavy (non-hydrogen) atoms. The van der Waals surface area contributed by atoms with Gasteiger partial charge in [-0.2, -0.15) is 0 Å². The van der Waals surface area contributed by atoms with Crippen molar-refractivity contribution in [2.24, 2.45) is 11.7 Å². The number of amides is 1. The molecule has 0 aliphatic rings. The van der Waals surface area contributed by atoms with Crippen molar-refractivity contribution in [2.45, 2.75) is 26.3 Å². The van der Waals surface area contributed by atoms with Crippen LogP contribution in [-0.2, 0) is 4.79 Å². The first-order valence-electron chi connectivity index (χ1n) is 5.58. The molecule has 0 saturated carbocycles. The van der Waals surface area contributed by atoms with Crippen LogP contribution >= 0.6 is 23.6 Å². The van der Waals surface area contributed by atoms with Crippen molar-refractivity contribution in [1.29, 1.82) is 0 Å². The van der Waals surface area contributed by atoms with Crippen molar-refractivity contribution in [3.63, 3.8) is 0 Å². The van der Waals surface area contributed by atoms with Crippen molar-refractivity contribution in [2.75, 3.05) is 7.05 Å². The molecule has 1 rings (SSSR count). The van der Waals surface area contributed by atoms with E-state index in [0.717, 1.165) is 0 Å². The first kappa shape index (κ1) is 14.1. The fourth-order valence-electron chi connectivity index (χ4n) is 1.65. The maximum absolute atomic E-state index is 12.2. The second-order valence-electron chi connectivity index (χ2n) is 4.00. The Labute approximate surface area is 112 Å². The van der Waals surface area contributed by atoms with Gasteiger partial charge >= 0.3 is 0 Å². The Bertz CT molecular complexity index is 389. The minimum atomic E-state index is -0.350. The molecule has 0 spiro atoms. The van der Waals surface area contributed by atoms with Crippen LogP contribution in [0.4, 0.5) is 0 Å². The molecule has 0 saturated heterocycles. The smallest absolute Gasteiger partial charge is 0.232 e. The zero-order valence-corrected chi connectivity index (χ0v) is 12.0. The quantitative estimate of drug-likeness (QED) is 0.837. The zero-order valence-electron chi connectivity index (χ0n) is 10.3. The van der Waals surface area contributed by atoms with Crippen LogP contribution in [0.5, 0.6) is 0 Å². The van der Waals surface area contributed by atoms with Crippen molar-refractivity contribution < 1.29 is 4.79 Å². The fourth-order valence-corrected chi connectivity index (χ4v) is 2.75. The van der Waals surface area contributed by atoms with E-state index in [1.54, 1.807) is 23.3 Å². The van der Waals surface area contributed by atoms with Crippen LogP contribution in [0.3, 0.4) is 0 Å². The summed E-state index contributed by atoms with van der Waals surface area (Å²) in [6, 6.07) is 4.08. The van der Waals surface area contributed by atoms with Gasteiger partial charge in [-0.05, 0) is 24.8 Å². The summed E-state index contributed by atoms with van der Waals surface area (Å²) in [6.07, 6.45) is 0.648. The largest absolute Gasteiger partial charge is 0.393 e. The van der Waals surface area contributed by atoms with Gasteiger partial charge in [0.2, 0.25) is 5.91 Å². The molecule has 1 amide bonds. The van der Waals surface area contributed by atoms with Crippen LogP contribution in [0.2, 0.25) is 0 Å². The van der Waals surface area contributed by atoms with Gasteiger partial charge in [0.1, 0.15) is 0 Å². The van der Waals surface area contributed by atoms with E-state index in [4.69, 9.17) is 18.0 Å². The van der Waals surface area contributed by atoms with Gasteiger partial charge in [0.05, 0.1) is 16.9 Å². The summed E-state index contributed by atoms with van der Waals surface area (Å²) in [7, 11) is 1.80.